The van der Waals surface area contributed by atoms with Crippen molar-refractivity contribution in [2.24, 2.45) is 0 Å². The zero-order valence-electron chi connectivity index (χ0n) is 7.59. The van der Waals surface area contributed by atoms with Gasteiger partial charge in [-0.3, -0.25) is 0 Å². The van der Waals surface area contributed by atoms with Gasteiger partial charge in [0.2, 0.25) is 0 Å². The maximum absolute atomic E-state index is 2.45. The van der Waals surface area contributed by atoms with Crippen molar-refractivity contribution in [3.05, 3.63) is 35.4 Å². The van der Waals surface area contributed by atoms with Crippen LogP contribution in [-0.4, -0.2) is 6.54 Å². The minimum atomic E-state index is 0.741. The predicted molar refractivity (Wildman–Crippen MR) is 49.9 cm³/mol. The van der Waals surface area contributed by atoms with Gasteiger partial charge in [0.25, 0.3) is 0 Å². The van der Waals surface area contributed by atoms with E-state index in [1.54, 1.807) is 0 Å². The van der Waals surface area contributed by atoms with Crippen LogP contribution in [0.4, 0.5) is 0 Å². The van der Waals surface area contributed by atoms with E-state index in [0.29, 0.717) is 0 Å². The highest BCUT2D eigenvalue weighted by Gasteiger charge is 2.19. The molecule has 0 unspecified atom stereocenters. The molecule has 0 radical (unpaired) electrons. The summed E-state index contributed by atoms with van der Waals surface area (Å²) in [6, 6.07) is 9.69. The molecule has 12 heavy (non-hydrogen) atoms. The number of aryl methyl sites for hydroxylation is 1. The van der Waals surface area contributed by atoms with Gasteiger partial charge in [-0.1, -0.05) is 29.8 Å². The topological polar surface area (TPSA) is 16.6 Å². The molecule has 1 heteroatoms. The molecule has 0 aliphatic carbocycles. The summed E-state index contributed by atoms with van der Waals surface area (Å²) in [5.41, 5.74) is 2.86. The number of hydrogen-bond donors (Lipinski definition) is 1. The Bertz CT molecular complexity index is 244. The van der Waals surface area contributed by atoms with Crippen LogP contribution in [0, 0.1) is 6.92 Å². The van der Waals surface area contributed by atoms with Gasteiger partial charge in [-0.2, -0.15) is 0 Å². The second-order valence-electron chi connectivity index (χ2n) is 3.68. The van der Waals surface area contributed by atoms with Gasteiger partial charge in [-0.25, -0.2) is 0 Å². The van der Waals surface area contributed by atoms with Gasteiger partial charge in [-0.05, 0) is 6.92 Å². The van der Waals surface area contributed by atoms with Gasteiger partial charge in [-0.15, -0.1) is 0 Å². The first-order chi connectivity index (χ1) is 5.86. The van der Waals surface area contributed by atoms with E-state index >= 15 is 0 Å². The maximum Gasteiger partial charge on any atom is 0.112 e. The van der Waals surface area contributed by atoms with Crippen molar-refractivity contribution in [3.63, 3.8) is 0 Å². The van der Waals surface area contributed by atoms with Gasteiger partial charge in [0.15, 0.2) is 0 Å². The van der Waals surface area contributed by atoms with Crippen LogP contribution < -0.4 is 5.32 Å². The molecular weight excluding hydrogens is 146 g/mol. The van der Waals surface area contributed by atoms with Crippen LogP contribution in [-0.2, 0) is 0 Å². The molecule has 1 saturated heterocycles. The fraction of sp³-hybridized carbons (Fsp3) is 0.455. The summed E-state index contributed by atoms with van der Waals surface area (Å²) in [7, 11) is 0. The fourth-order valence-corrected chi connectivity index (χ4v) is 1.89. The van der Waals surface area contributed by atoms with Gasteiger partial charge in [0.1, 0.15) is 6.04 Å². The molecule has 1 atom stereocenters. The lowest BCUT2D eigenvalue weighted by Gasteiger charge is -2.06. The van der Waals surface area contributed by atoms with E-state index in [-0.39, 0.29) is 0 Å². The quantitative estimate of drug-likeness (QED) is 0.642. The van der Waals surface area contributed by atoms with Gasteiger partial charge in [0.05, 0.1) is 6.54 Å². The van der Waals surface area contributed by atoms with E-state index in [1.165, 1.54) is 30.5 Å². The van der Waals surface area contributed by atoms with Crippen LogP contribution in [0.3, 0.4) is 0 Å². The number of nitrogens with two attached hydrogens (primary N) is 1. The zero-order valence-corrected chi connectivity index (χ0v) is 7.59. The van der Waals surface area contributed by atoms with E-state index in [2.05, 4.69) is 36.5 Å². The Kier molecular flexibility index (Phi) is 2.13. The van der Waals surface area contributed by atoms with Crippen molar-refractivity contribution in [2.45, 2.75) is 25.8 Å². The van der Waals surface area contributed by atoms with Crippen molar-refractivity contribution in [1.29, 1.82) is 0 Å². The molecule has 0 bridgehead atoms. The summed E-state index contributed by atoms with van der Waals surface area (Å²) in [6.45, 7) is 3.45. The van der Waals surface area contributed by atoms with E-state index < -0.39 is 0 Å². The number of rotatable bonds is 1. The lowest BCUT2D eigenvalue weighted by atomic mass is 10.0. The van der Waals surface area contributed by atoms with Crippen molar-refractivity contribution >= 4 is 0 Å². The van der Waals surface area contributed by atoms with Crippen LogP contribution in [0.25, 0.3) is 0 Å². The van der Waals surface area contributed by atoms with Crippen molar-refractivity contribution in [1.82, 2.24) is 0 Å². The lowest BCUT2D eigenvalue weighted by Crippen LogP contribution is -2.81. The van der Waals surface area contributed by atoms with Gasteiger partial charge in [0, 0.05) is 18.4 Å². The normalized spacial score (nSPS) is 22.9. The monoisotopic (exact) mass is 162 g/mol. The Hall–Kier alpha value is -0.820. The molecule has 1 aromatic rings. The van der Waals surface area contributed by atoms with E-state index in [9.17, 15) is 0 Å². The Morgan fingerprint density at radius 2 is 2.00 bits per heavy atom. The third kappa shape index (κ3) is 1.51. The minimum Gasteiger partial charge on any atom is -0.340 e. The Balaban J connectivity index is 2.17. The summed E-state index contributed by atoms with van der Waals surface area (Å²) in [6.07, 6.45) is 2.72. The van der Waals surface area contributed by atoms with E-state index in [4.69, 9.17) is 0 Å². The smallest absolute Gasteiger partial charge is 0.112 e. The Morgan fingerprint density at radius 3 is 2.58 bits per heavy atom. The molecule has 1 heterocycles. The SMILES string of the molecule is Cc1ccc([C@@H]2CCC[NH2+]2)cc1. The Morgan fingerprint density at radius 1 is 1.25 bits per heavy atom. The first-order valence-electron chi connectivity index (χ1n) is 4.76. The van der Waals surface area contributed by atoms with E-state index in [1.807, 2.05) is 0 Å². The molecule has 2 N–H and O–H groups in total. The number of benzene rings is 1. The molecule has 1 aromatic carbocycles. The molecule has 0 amide bonds. The second kappa shape index (κ2) is 3.28. The lowest BCUT2D eigenvalue weighted by molar-refractivity contribution is -0.676. The average molecular weight is 162 g/mol. The summed E-state index contributed by atoms with van der Waals surface area (Å²) in [5, 5.41) is 2.45. The third-order valence-electron chi connectivity index (χ3n) is 2.68. The molecule has 0 aromatic heterocycles. The number of quaternary nitrogens is 1. The van der Waals surface area contributed by atoms with Crippen LogP contribution in [0.15, 0.2) is 24.3 Å². The third-order valence-corrected chi connectivity index (χ3v) is 2.68. The van der Waals surface area contributed by atoms with Crippen molar-refractivity contribution in [3.8, 4) is 0 Å². The fourth-order valence-electron chi connectivity index (χ4n) is 1.89. The highest BCUT2D eigenvalue weighted by atomic mass is 14.9. The molecular formula is C11H16N+. The molecule has 1 aliphatic heterocycles. The zero-order chi connectivity index (χ0) is 8.39. The first-order valence-corrected chi connectivity index (χ1v) is 4.76. The summed E-state index contributed by atoms with van der Waals surface area (Å²) in [5.74, 6) is 0. The standard InChI is InChI=1S/C11H15N/c1-9-4-6-10(7-5-9)11-3-2-8-12-11/h4-7,11-12H,2-3,8H2,1H3/p+1/t11-/m0/s1. The van der Waals surface area contributed by atoms with Crippen molar-refractivity contribution < 1.29 is 5.32 Å². The minimum absolute atomic E-state index is 0.741. The van der Waals surface area contributed by atoms with Crippen LogP contribution in [0.5, 0.6) is 0 Å². The molecule has 0 spiro atoms. The first kappa shape index (κ1) is 7.81. The Labute approximate surface area is 73.8 Å². The molecule has 0 saturated carbocycles. The predicted octanol–water partition coefficient (Wildman–Crippen LogP) is 1.39. The maximum atomic E-state index is 2.45. The largest absolute Gasteiger partial charge is 0.340 e. The summed E-state index contributed by atoms with van der Waals surface area (Å²) < 4.78 is 0. The average Bonchev–Trinajstić information content (AvgIpc) is 2.58. The molecule has 1 aliphatic rings. The van der Waals surface area contributed by atoms with Gasteiger partial charge < -0.3 is 5.32 Å². The highest BCUT2D eigenvalue weighted by molar-refractivity contribution is 5.23. The van der Waals surface area contributed by atoms with Crippen LogP contribution >= 0.6 is 0 Å². The van der Waals surface area contributed by atoms with E-state index in [0.717, 1.165) is 6.04 Å². The summed E-state index contributed by atoms with van der Waals surface area (Å²) >= 11 is 0. The second-order valence-corrected chi connectivity index (χ2v) is 3.68. The van der Waals surface area contributed by atoms with Gasteiger partial charge >= 0.3 is 0 Å². The molecule has 2 rings (SSSR count). The summed E-state index contributed by atoms with van der Waals surface area (Å²) in [4.78, 5) is 0. The number of hydrogen-bond acceptors (Lipinski definition) is 0. The van der Waals surface area contributed by atoms with Crippen LogP contribution in [0.1, 0.15) is 30.0 Å². The molecule has 1 fully saturated rings. The molecule has 1 nitrogen and oxygen atoms in total. The highest BCUT2D eigenvalue weighted by Crippen LogP contribution is 2.17. The van der Waals surface area contributed by atoms with Crippen molar-refractivity contribution in [2.75, 3.05) is 6.54 Å². The molecule has 64 valence electrons. The van der Waals surface area contributed by atoms with Crippen LogP contribution in [0.2, 0.25) is 0 Å².